The fourth-order valence-corrected chi connectivity index (χ4v) is 3.73. The van der Waals surface area contributed by atoms with E-state index in [9.17, 15) is 12.8 Å². The van der Waals surface area contributed by atoms with Crippen LogP contribution in [0.3, 0.4) is 0 Å². The van der Waals surface area contributed by atoms with Crippen LogP contribution in [0.1, 0.15) is 13.3 Å². The first kappa shape index (κ1) is 13.0. The molecule has 1 heterocycles. The zero-order chi connectivity index (χ0) is 12.6. The van der Waals surface area contributed by atoms with Crippen molar-refractivity contribution in [3.63, 3.8) is 0 Å². The van der Waals surface area contributed by atoms with E-state index in [0.29, 0.717) is 19.0 Å². The molecular formula is C11H13BrFNO2S. The van der Waals surface area contributed by atoms with Crippen molar-refractivity contribution in [1.82, 2.24) is 4.31 Å². The van der Waals surface area contributed by atoms with E-state index in [2.05, 4.69) is 15.9 Å². The van der Waals surface area contributed by atoms with Gasteiger partial charge in [0.15, 0.2) is 0 Å². The molecule has 1 aliphatic heterocycles. The van der Waals surface area contributed by atoms with E-state index in [1.54, 1.807) is 0 Å². The Morgan fingerprint density at radius 1 is 1.47 bits per heavy atom. The largest absolute Gasteiger partial charge is 0.243 e. The smallest absolute Gasteiger partial charge is 0.207 e. The quantitative estimate of drug-likeness (QED) is 0.839. The Morgan fingerprint density at radius 2 is 2.18 bits per heavy atom. The highest BCUT2D eigenvalue weighted by Crippen LogP contribution is 2.26. The van der Waals surface area contributed by atoms with Crippen LogP contribution >= 0.6 is 15.9 Å². The maximum Gasteiger partial charge on any atom is 0.243 e. The first-order valence-electron chi connectivity index (χ1n) is 5.36. The second-order valence-electron chi connectivity index (χ2n) is 4.33. The molecule has 0 saturated carbocycles. The minimum atomic E-state index is -3.54. The lowest BCUT2D eigenvalue weighted by Crippen LogP contribution is -2.28. The van der Waals surface area contributed by atoms with Gasteiger partial charge < -0.3 is 0 Å². The van der Waals surface area contributed by atoms with Crippen LogP contribution in [0.25, 0.3) is 0 Å². The van der Waals surface area contributed by atoms with E-state index in [1.807, 2.05) is 6.92 Å². The number of halogens is 2. The zero-order valence-electron chi connectivity index (χ0n) is 9.36. The number of nitrogens with zero attached hydrogens (tertiary/aromatic N) is 1. The Balaban J connectivity index is 2.35. The minimum Gasteiger partial charge on any atom is -0.207 e. The van der Waals surface area contributed by atoms with Gasteiger partial charge in [0, 0.05) is 13.1 Å². The summed E-state index contributed by atoms with van der Waals surface area (Å²) in [7, 11) is -3.54. The summed E-state index contributed by atoms with van der Waals surface area (Å²) in [6.45, 7) is 3.04. The number of hydrogen-bond acceptors (Lipinski definition) is 2. The van der Waals surface area contributed by atoms with Crippen LogP contribution < -0.4 is 0 Å². The Morgan fingerprint density at radius 3 is 2.71 bits per heavy atom. The summed E-state index contributed by atoms with van der Waals surface area (Å²) < 4.78 is 39.4. The molecule has 0 spiro atoms. The molecule has 6 heteroatoms. The second kappa shape index (κ2) is 4.66. The Labute approximate surface area is 109 Å². The Kier molecular flexibility index (Phi) is 3.56. The molecule has 0 N–H and O–H groups in total. The summed E-state index contributed by atoms with van der Waals surface area (Å²) in [5, 5.41) is 0. The van der Waals surface area contributed by atoms with Crippen molar-refractivity contribution in [2.24, 2.45) is 5.92 Å². The van der Waals surface area contributed by atoms with Gasteiger partial charge in [0.2, 0.25) is 10.0 Å². The average molecular weight is 322 g/mol. The molecule has 0 radical (unpaired) electrons. The van der Waals surface area contributed by atoms with Crippen LogP contribution in [0.15, 0.2) is 27.6 Å². The fourth-order valence-electron chi connectivity index (χ4n) is 1.90. The number of hydrogen-bond donors (Lipinski definition) is 0. The summed E-state index contributed by atoms with van der Waals surface area (Å²) in [6, 6.07) is 3.90. The number of rotatable bonds is 2. The van der Waals surface area contributed by atoms with Gasteiger partial charge in [-0.15, -0.1) is 0 Å². The van der Waals surface area contributed by atoms with Crippen molar-refractivity contribution in [3.05, 3.63) is 28.5 Å². The molecule has 0 aromatic heterocycles. The summed E-state index contributed by atoms with van der Waals surface area (Å²) in [5.74, 6) is -0.191. The van der Waals surface area contributed by atoms with Gasteiger partial charge in [0.25, 0.3) is 0 Å². The van der Waals surface area contributed by atoms with Crippen LogP contribution in [-0.2, 0) is 10.0 Å². The summed E-state index contributed by atoms with van der Waals surface area (Å²) in [6.07, 6.45) is 0.859. The van der Waals surface area contributed by atoms with Crippen LogP contribution in [0, 0.1) is 11.7 Å². The molecule has 1 atom stereocenters. The lowest BCUT2D eigenvalue weighted by molar-refractivity contribution is 0.463. The van der Waals surface area contributed by atoms with Crippen molar-refractivity contribution in [3.8, 4) is 0 Å². The highest BCUT2D eigenvalue weighted by Gasteiger charge is 2.30. The van der Waals surface area contributed by atoms with Gasteiger partial charge in [-0.05, 0) is 46.5 Å². The summed E-state index contributed by atoms with van der Waals surface area (Å²) in [5.41, 5.74) is 0. The Hall–Kier alpha value is -0.460. The topological polar surface area (TPSA) is 37.4 Å². The van der Waals surface area contributed by atoms with Gasteiger partial charge >= 0.3 is 0 Å². The predicted molar refractivity (Wildman–Crippen MR) is 66.6 cm³/mol. The van der Waals surface area contributed by atoms with E-state index in [4.69, 9.17) is 0 Å². The maximum atomic E-state index is 13.3. The van der Waals surface area contributed by atoms with E-state index in [1.165, 1.54) is 16.4 Å². The zero-order valence-corrected chi connectivity index (χ0v) is 11.8. The number of benzene rings is 1. The number of sulfonamides is 1. The van der Waals surface area contributed by atoms with Gasteiger partial charge in [-0.3, -0.25) is 0 Å². The maximum absolute atomic E-state index is 13.3. The molecule has 0 aliphatic carbocycles. The van der Waals surface area contributed by atoms with Gasteiger partial charge in [0.05, 0.1) is 9.37 Å². The highest BCUT2D eigenvalue weighted by molar-refractivity contribution is 9.10. The van der Waals surface area contributed by atoms with Gasteiger partial charge in [-0.25, -0.2) is 12.8 Å². The molecule has 2 rings (SSSR count). The minimum absolute atomic E-state index is 0.0206. The van der Waals surface area contributed by atoms with Crippen LogP contribution in [-0.4, -0.2) is 25.8 Å². The normalized spacial score (nSPS) is 21.9. The highest BCUT2D eigenvalue weighted by atomic mass is 79.9. The molecule has 0 bridgehead atoms. The molecule has 0 amide bonds. The molecular weight excluding hydrogens is 309 g/mol. The van der Waals surface area contributed by atoms with Crippen molar-refractivity contribution in [2.75, 3.05) is 13.1 Å². The van der Waals surface area contributed by atoms with Gasteiger partial charge in [0.1, 0.15) is 5.82 Å². The van der Waals surface area contributed by atoms with Crippen LogP contribution in [0.2, 0.25) is 0 Å². The molecule has 1 unspecified atom stereocenters. The lowest BCUT2D eigenvalue weighted by atomic mass is 10.2. The van der Waals surface area contributed by atoms with Crippen LogP contribution in [0.5, 0.6) is 0 Å². The fraction of sp³-hybridized carbons (Fsp3) is 0.455. The first-order valence-corrected chi connectivity index (χ1v) is 7.60. The van der Waals surface area contributed by atoms with Crippen molar-refractivity contribution < 1.29 is 12.8 Å². The summed E-state index contributed by atoms with van der Waals surface area (Å²) >= 11 is 3.01. The van der Waals surface area contributed by atoms with Gasteiger partial charge in [-0.1, -0.05) is 6.92 Å². The standard InChI is InChI=1S/C11H13BrFNO2S/c1-8-4-5-14(7-8)17(15,16)9-2-3-10(12)11(13)6-9/h2-3,6,8H,4-5,7H2,1H3. The molecule has 3 nitrogen and oxygen atoms in total. The molecule has 1 fully saturated rings. The molecule has 1 aromatic carbocycles. The van der Waals surface area contributed by atoms with Crippen molar-refractivity contribution in [1.29, 1.82) is 0 Å². The third kappa shape index (κ3) is 2.53. The first-order chi connectivity index (χ1) is 7.91. The molecule has 17 heavy (non-hydrogen) atoms. The van der Waals surface area contributed by atoms with E-state index in [-0.39, 0.29) is 9.37 Å². The van der Waals surface area contributed by atoms with E-state index >= 15 is 0 Å². The molecule has 94 valence electrons. The SMILES string of the molecule is CC1CCN(S(=O)(=O)c2ccc(Br)c(F)c2)C1. The average Bonchev–Trinajstić information content (AvgIpc) is 2.69. The summed E-state index contributed by atoms with van der Waals surface area (Å²) in [4.78, 5) is 0.0206. The molecule has 1 aromatic rings. The Bertz CT molecular complexity index is 532. The van der Waals surface area contributed by atoms with Gasteiger partial charge in [-0.2, -0.15) is 4.31 Å². The van der Waals surface area contributed by atoms with E-state index < -0.39 is 15.8 Å². The molecule has 1 saturated heterocycles. The third-order valence-corrected chi connectivity index (χ3v) is 5.42. The monoisotopic (exact) mass is 321 g/mol. The second-order valence-corrected chi connectivity index (χ2v) is 7.13. The van der Waals surface area contributed by atoms with E-state index in [0.717, 1.165) is 12.5 Å². The predicted octanol–water partition coefficient (Wildman–Crippen LogP) is 2.62. The third-order valence-electron chi connectivity index (χ3n) is 2.92. The van der Waals surface area contributed by atoms with Crippen molar-refractivity contribution >= 4 is 26.0 Å². The molecule has 1 aliphatic rings. The van der Waals surface area contributed by atoms with Crippen LogP contribution in [0.4, 0.5) is 4.39 Å². The lowest BCUT2D eigenvalue weighted by Gasteiger charge is -2.16. The van der Waals surface area contributed by atoms with Crippen molar-refractivity contribution in [2.45, 2.75) is 18.2 Å².